The molecule has 0 atom stereocenters. The van der Waals surface area contributed by atoms with Gasteiger partial charge in [0.05, 0.1) is 58.1 Å². The minimum atomic E-state index is -5.06. The fourth-order valence-corrected chi connectivity index (χ4v) is 5.18. The molecule has 0 unspecified atom stereocenters. The van der Waals surface area contributed by atoms with Gasteiger partial charge in [0.1, 0.15) is 0 Å². The van der Waals surface area contributed by atoms with Crippen LogP contribution in [0.2, 0.25) is 0 Å². The van der Waals surface area contributed by atoms with E-state index >= 15 is 0 Å². The minimum Gasteiger partial charge on any atom is -0.444 e. The Morgan fingerprint density at radius 3 is 1.49 bits per heavy atom. The Labute approximate surface area is 338 Å². The molecule has 266 valence electrons. The molecule has 0 spiro atoms. The summed E-state index contributed by atoms with van der Waals surface area (Å²) in [4.78, 5) is 12.8. The first-order valence-electron chi connectivity index (χ1n) is 15.6. The third kappa shape index (κ3) is 9.28. The smallest absolute Gasteiger partial charge is 0.444 e. The standard InChI is InChI=1S/C14H20BN3O2.C8H8BF3N3.C8H10BN3O2.CH4.K/c1-9-7-11(17-18-8-10(2)16-12(9)18)15-19-13(3,4)14(5,6)20-15;1-5-3-7(9(10,11)12)14-15-4-6(2)13-8(5)15;1-5-3-7(9(13)14)11-12-4-6(2)10-8(5)12;;/h7-8H,1-6H3;3-4H,1-2H3;3-4,13-14H,1-2H3;1H4;/q;-1;;;+1. The Balaban J connectivity index is 0.000000207. The number of imidazole rings is 3. The molecular formula is C31H42B3F3KN9O4. The first-order chi connectivity index (χ1) is 22.6. The number of aryl methyl sites for hydroxylation is 6. The van der Waals surface area contributed by atoms with Gasteiger partial charge in [-0.05, 0) is 98.1 Å². The molecule has 6 aromatic heterocycles. The van der Waals surface area contributed by atoms with Crippen LogP contribution in [0.5, 0.6) is 0 Å². The maximum absolute atomic E-state index is 12.5. The van der Waals surface area contributed by atoms with Crippen LogP contribution < -0.4 is 68.2 Å². The zero-order valence-electron chi connectivity index (χ0n) is 30.1. The summed E-state index contributed by atoms with van der Waals surface area (Å²) in [6, 6.07) is 4.64. The van der Waals surface area contributed by atoms with Crippen molar-refractivity contribution in [1.82, 2.24) is 43.8 Å². The molecule has 0 aliphatic carbocycles. The number of nitrogens with zero attached hydrogens (tertiary/aromatic N) is 9. The van der Waals surface area contributed by atoms with Gasteiger partial charge < -0.3 is 32.3 Å². The summed E-state index contributed by atoms with van der Waals surface area (Å²) < 4.78 is 54.0. The van der Waals surface area contributed by atoms with Gasteiger partial charge in [0, 0.05) is 5.59 Å². The van der Waals surface area contributed by atoms with Crippen molar-refractivity contribution in [3.05, 3.63) is 70.6 Å². The zero-order valence-corrected chi connectivity index (χ0v) is 33.2. The van der Waals surface area contributed by atoms with Crippen LogP contribution in [0.4, 0.5) is 12.9 Å². The first kappa shape index (κ1) is 42.7. The molecule has 2 N–H and O–H groups in total. The summed E-state index contributed by atoms with van der Waals surface area (Å²) in [6.45, 7) is 14.1. The number of rotatable bonds is 3. The molecule has 1 fully saturated rings. The predicted molar refractivity (Wildman–Crippen MR) is 188 cm³/mol. The van der Waals surface area contributed by atoms with E-state index in [2.05, 4.69) is 30.2 Å². The van der Waals surface area contributed by atoms with Crippen molar-refractivity contribution < 1.29 is 83.7 Å². The van der Waals surface area contributed by atoms with Gasteiger partial charge in [-0.15, -0.1) is 0 Å². The average Bonchev–Trinajstić information content (AvgIpc) is 3.71. The summed E-state index contributed by atoms with van der Waals surface area (Å²) in [5.74, 6) is 0. The molecular weight excluding hydrogens is 691 g/mol. The van der Waals surface area contributed by atoms with E-state index in [-0.39, 0.29) is 75.6 Å². The maximum atomic E-state index is 12.5. The van der Waals surface area contributed by atoms with Crippen LogP contribution in [0.15, 0.2) is 36.8 Å². The van der Waals surface area contributed by atoms with Crippen LogP contribution in [0.3, 0.4) is 0 Å². The van der Waals surface area contributed by atoms with Gasteiger partial charge in [-0.1, -0.05) is 13.5 Å². The van der Waals surface area contributed by atoms with Crippen molar-refractivity contribution in [2.75, 3.05) is 0 Å². The Bertz CT molecular complexity index is 2150. The monoisotopic (exact) mass is 733 g/mol. The van der Waals surface area contributed by atoms with Gasteiger partial charge >= 0.3 is 72.6 Å². The van der Waals surface area contributed by atoms with E-state index in [9.17, 15) is 12.9 Å². The van der Waals surface area contributed by atoms with Gasteiger partial charge in [-0.25, -0.2) is 33.6 Å². The summed E-state index contributed by atoms with van der Waals surface area (Å²) in [5.41, 5.74) is 6.43. The van der Waals surface area contributed by atoms with Crippen LogP contribution in [0, 0.1) is 41.5 Å². The third-order valence-corrected chi connectivity index (χ3v) is 8.34. The number of hydrogen-bond acceptors (Lipinski definition) is 10. The molecule has 0 bridgehead atoms. The van der Waals surface area contributed by atoms with Gasteiger partial charge in [-0.2, -0.15) is 10.2 Å². The van der Waals surface area contributed by atoms with Crippen LogP contribution in [0.25, 0.3) is 16.9 Å². The van der Waals surface area contributed by atoms with Crippen molar-refractivity contribution in [3.8, 4) is 0 Å². The third-order valence-electron chi connectivity index (χ3n) is 8.34. The maximum Gasteiger partial charge on any atom is 1.00 e. The molecule has 0 aromatic carbocycles. The minimum absolute atomic E-state index is 0. The molecule has 13 nitrogen and oxygen atoms in total. The summed E-state index contributed by atoms with van der Waals surface area (Å²) in [6.07, 6.45) is 5.14. The second-order valence-corrected chi connectivity index (χ2v) is 13.2. The molecule has 0 amide bonds. The van der Waals surface area contributed by atoms with Gasteiger partial charge in [0.25, 0.3) is 0 Å². The Hall–Kier alpha value is -2.68. The molecule has 7 rings (SSSR count). The largest absolute Gasteiger partial charge is 1.00 e. The summed E-state index contributed by atoms with van der Waals surface area (Å²) in [5, 5.41) is 30.0. The molecule has 6 aromatic rings. The fraction of sp³-hybridized carbons (Fsp3) is 0.419. The second kappa shape index (κ2) is 15.7. The summed E-state index contributed by atoms with van der Waals surface area (Å²) >= 11 is 0. The second-order valence-electron chi connectivity index (χ2n) is 13.2. The van der Waals surface area contributed by atoms with Crippen LogP contribution in [-0.4, -0.2) is 86.3 Å². The SMILES string of the molecule is C.Cc1cn2nc(B(O)O)cc(C)c2n1.Cc1cn2nc(B3OC(C)(C)C(C)(C)O3)cc(C)c2n1.Cc1cn2nc([B-](F)(F)F)cc(C)c2n1.[K+]. The average molecular weight is 733 g/mol. The molecule has 0 saturated carbocycles. The number of halogens is 3. The van der Waals surface area contributed by atoms with E-state index in [0.717, 1.165) is 45.5 Å². The van der Waals surface area contributed by atoms with Crippen molar-refractivity contribution in [2.45, 2.75) is 87.9 Å². The van der Waals surface area contributed by atoms with E-state index in [1.165, 1.54) is 10.7 Å². The normalized spacial score (nSPS) is 14.8. The molecule has 1 saturated heterocycles. The van der Waals surface area contributed by atoms with Crippen molar-refractivity contribution in [2.24, 2.45) is 0 Å². The number of aromatic nitrogens is 9. The van der Waals surface area contributed by atoms with Gasteiger partial charge in [0.15, 0.2) is 16.9 Å². The van der Waals surface area contributed by atoms with Crippen LogP contribution in [0.1, 0.15) is 68.9 Å². The number of hydrogen-bond donors (Lipinski definition) is 2. The van der Waals surface area contributed by atoms with Gasteiger partial charge in [-0.3, -0.25) is 0 Å². The molecule has 20 heteroatoms. The summed E-state index contributed by atoms with van der Waals surface area (Å²) in [7, 11) is -1.98. The first-order valence-corrected chi connectivity index (χ1v) is 15.6. The topological polar surface area (TPSA) is 149 Å². The Kier molecular flexibility index (Phi) is 13.2. The Morgan fingerprint density at radius 2 is 1.06 bits per heavy atom. The van der Waals surface area contributed by atoms with Gasteiger partial charge in [0.2, 0.25) is 0 Å². The Morgan fingerprint density at radius 1 is 0.667 bits per heavy atom. The fourth-order valence-electron chi connectivity index (χ4n) is 5.18. The number of fused-ring (bicyclic) bond motifs is 3. The molecule has 7 heterocycles. The molecule has 51 heavy (non-hydrogen) atoms. The van der Waals surface area contributed by atoms with E-state index in [4.69, 9.17) is 19.4 Å². The zero-order chi connectivity index (χ0) is 36.2. The van der Waals surface area contributed by atoms with Crippen molar-refractivity contribution in [3.63, 3.8) is 0 Å². The molecule has 1 aliphatic rings. The van der Waals surface area contributed by atoms with Crippen LogP contribution in [-0.2, 0) is 9.31 Å². The van der Waals surface area contributed by atoms with Crippen LogP contribution >= 0.6 is 0 Å². The van der Waals surface area contributed by atoms with Crippen molar-refractivity contribution >= 4 is 54.9 Å². The molecule has 1 aliphatic heterocycles. The van der Waals surface area contributed by atoms with E-state index in [0.29, 0.717) is 16.9 Å². The predicted octanol–water partition coefficient (Wildman–Crippen LogP) is -0.288. The van der Waals surface area contributed by atoms with Crippen molar-refractivity contribution in [1.29, 1.82) is 0 Å². The van der Waals surface area contributed by atoms with E-state index in [1.807, 2.05) is 67.7 Å². The molecule has 0 radical (unpaired) electrons. The van der Waals surface area contributed by atoms with E-state index < -0.39 is 26.8 Å². The van der Waals surface area contributed by atoms with E-state index in [1.54, 1.807) is 35.1 Å². The quantitative estimate of drug-likeness (QED) is 0.233.